The topological polar surface area (TPSA) is 54.6 Å². The van der Waals surface area contributed by atoms with Crippen LogP contribution in [0.3, 0.4) is 0 Å². The molecule has 0 aliphatic rings. The molecule has 2 aromatic heterocycles. The second kappa shape index (κ2) is 3.73. The number of alkyl halides is 3. The van der Waals surface area contributed by atoms with E-state index in [-0.39, 0.29) is 5.65 Å². The van der Waals surface area contributed by atoms with Gasteiger partial charge in [-0.3, -0.25) is 4.40 Å². The first kappa shape index (κ1) is 11.9. The van der Waals surface area contributed by atoms with Gasteiger partial charge in [0.15, 0.2) is 11.4 Å². The van der Waals surface area contributed by atoms with Crippen LogP contribution in [0.15, 0.2) is 22.8 Å². The summed E-state index contributed by atoms with van der Waals surface area (Å²) in [4.78, 5) is 14.2. The monoisotopic (exact) mass is 308 g/mol. The standard InChI is InChI=1S/C9H4BrF3N2O2/c10-4-1-2-5-14-6(8(16)17)7(9(11,12)13)15(5)3-4/h1-3H,(H,16,17). The van der Waals surface area contributed by atoms with Gasteiger partial charge >= 0.3 is 12.1 Å². The minimum absolute atomic E-state index is 0.0714. The molecule has 0 saturated carbocycles. The number of imidazole rings is 1. The molecule has 90 valence electrons. The number of nitrogens with zero attached hydrogens (tertiary/aromatic N) is 2. The van der Waals surface area contributed by atoms with Gasteiger partial charge in [-0.25, -0.2) is 9.78 Å². The van der Waals surface area contributed by atoms with Crippen molar-refractivity contribution in [3.05, 3.63) is 34.2 Å². The highest BCUT2D eigenvalue weighted by atomic mass is 79.9. The van der Waals surface area contributed by atoms with Crippen molar-refractivity contribution in [2.75, 3.05) is 0 Å². The normalized spacial score (nSPS) is 12.0. The van der Waals surface area contributed by atoms with Gasteiger partial charge in [-0.1, -0.05) is 0 Å². The van der Waals surface area contributed by atoms with Gasteiger partial charge in [0.25, 0.3) is 0 Å². The zero-order valence-corrected chi connectivity index (χ0v) is 9.58. The predicted octanol–water partition coefficient (Wildman–Crippen LogP) is 2.81. The van der Waals surface area contributed by atoms with Crippen LogP contribution in [-0.4, -0.2) is 20.5 Å². The van der Waals surface area contributed by atoms with Crippen LogP contribution in [0.25, 0.3) is 5.65 Å². The second-order valence-corrected chi connectivity index (χ2v) is 4.10. The van der Waals surface area contributed by atoms with Crippen molar-refractivity contribution in [2.24, 2.45) is 0 Å². The van der Waals surface area contributed by atoms with E-state index in [1.165, 1.54) is 12.1 Å². The first-order valence-electron chi connectivity index (χ1n) is 4.29. The minimum Gasteiger partial charge on any atom is -0.476 e. The average Bonchev–Trinajstić information content (AvgIpc) is 2.55. The number of carbonyl (C=O) groups is 1. The highest BCUT2D eigenvalue weighted by Crippen LogP contribution is 2.33. The summed E-state index contributed by atoms with van der Waals surface area (Å²) >= 11 is 3.02. The Kier molecular flexibility index (Phi) is 2.61. The largest absolute Gasteiger partial charge is 0.476 e. The molecule has 0 amide bonds. The summed E-state index contributed by atoms with van der Waals surface area (Å²) in [7, 11) is 0. The van der Waals surface area contributed by atoms with E-state index in [1.807, 2.05) is 0 Å². The van der Waals surface area contributed by atoms with Crippen LogP contribution < -0.4 is 0 Å². The van der Waals surface area contributed by atoms with Crippen molar-refractivity contribution < 1.29 is 23.1 Å². The lowest BCUT2D eigenvalue weighted by Gasteiger charge is -2.07. The number of carboxylic acid groups (broad SMARTS) is 1. The van der Waals surface area contributed by atoms with Crippen molar-refractivity contribution in [1.82, 2.24) is 9.38 Å². The molecule has 0 saturated heterocycles. The van der Waals surface area contributed by atoms with E-state index in [1.54, 1.807) is 0 Å². The van der Waals surface area contributed by atoms with Crippen LogP contribution in [0.4, 0.5) is 13.2 Å². The van der Waals surface area contributed by atoms with Gasteiger partial charge in [0.1, 0.15) is 5.65 Å². The summed E-state index contributed by atoms with van der Waals surface area (Å²) in [5, 5.41) is 8.71. The van der Waals surface area contributed by atoms with E-state index in [2.05, 4.69) is 20.9 Å². The van der Waals surface area contributed by atoms with Crippen LogP contribution in [0.1, 0.15) is 16.2 Å². The molecule has 0 fully saturated rings. The molecule has 2 aromatic rings. The molecule has 0 aliphatic carbocycles. The Hall–Kier alpha value is -1.57. The van der Waals surface area contributed by atoms with Crippen molar-refractivity contribution in [3.63, 3.8) is 0 Å². The summed E-state index contributed by atoms with van der Waals surface area (Å²) in [6.07, 6.45) is -3.66. The van der Waals surface area contributed by atoms with E-state index >= 15 is 0 Å². The minimum atomic E-state index is -4.78. The van der Waals surface area contributed by atoms with Gasteiger partial charge in [-0.05, 0) is 28.1 Å². The molecule has 0 atom stereocenters. The van der Waals surface area contributed by atoms with E-state index in [9.17, 15) is 18.0 Å². The molecule has 1 N–H and O–H groups in total. The zero-order chi connectivity index (χ0) is 12.8. The maximum Gasteiger partial charge on any atom is 0.434 e. The Morgan fingerprint density at radius 3 is 2.59 bits per heavy atom. The number of fused-ring (bicyclic) bond motifs is 1. The number of hydrogen-bond donors (Lipinski definition) is 1. The van der Waals surface area contributed by atoms with E-state index in [4.69, 9.17) is 5.11 Å². The van der Waals surface area contributed by atoms with Gasteiger partial charge < -0.3 is 5.11 Å². The predicted molar refractivity (Wildman–Crippen MR) is 54.9 cm³/mol. The molecular weight excluding hydrogens is 305 g/mol. The Balaban J connectivity index is 2.87. The Morgan fingerprint density at radius 2 is 2.06 bits per heavy atom. The van der Waals surface area contributed by atoms with Gasteiger partial charge in [0.2, 0.25) is 0 Å². The highest BCUT2D eigenvalue weighted by Gasteiger charge is 2.40. The Labute approximate surface area is 101 Å². The second-order valence-electron chi connectivity index (χ2n) is 3.19. The first-order chi connectivity index (χ1) is 7.80. The molecule has 4 nitrogen and oxygen atoms in total. The lowest BCUT2D eigenvalue weighted by atomic mass is 10.3. The number of aromatic nitrogens is 2. The van der Waals surface area contributed by atoms with Gasteiger partial charge in [0, 0.05) is 10.7 Å². The molecule has 2 heterocycles. The van der Waals surface area contributed by atoms with Crippen LogP contribution in [0.2, 0.25) is 0 Å². The number of pyridine rings is 1. The van der Waals surface area contributed by atoms with Crippen molar-refractivity contribution in [2.45, 2.75) is 6.18 Å². The van der Waals surface area contributed by atoms with Crippen molar-refractivity contribution >= 4 is 27.5 Å². The Morgan fingerprint density at radius 1 is 1.41 bits per heavy atom. The number of aromatic carboxylic acids is 1. The van der Waals surface area contributed by atoms with E-state index in [0.29, 0.717) is 8.87 Å². The quantitative estimate of drug-likeness (QED) is 0.881. The third kappa shape index (κ3) is 1.99. The molecule has 2 rings (SSSR count). The molecule has 17 heavy (non-hydrogen) atoms. The maximum absolute atomic E-state index is 12.8. The molecule has 0 aliphatic heterocycles. The third-order valence-corrected chi connectivity index (χ3v) is 2.52. The molecule has 8 heteroatoms. The lowest BCUT2D eigenvalue weighted by molar-refractivity contribution is -0.142. The van der Waals surface area contributed by atoms with Crippen LogP contribution in [-0.2, 0) is 6.18 Å². The maximum atomic E-state index is 12.8. The number of carboxylic acids is 1. The zero-order valence-electron chi connectivity index (χ0n) is 7.99. The SMILES string of the molecule is O=C(O)c1nc2ccc(Br)cn2c1C(F)(F)F. The van der Waals surface area contributed by atoms with Crippen LogP contribution >= 0.6 is 15.9 Å². The Bertz CT molecular complexity index is 606. The molecule has 0 spiro atoms. The van der Waals surface area contributed by atoms with Crippen molar-refractivity contribution in [1.29, 1.82) is 0 Å². The first-order valence-corrected chi connectivity index (χ1v) is 5.08. The summed E-state index contributed by atoms with van der Waals surface area (Å²) in [6, 6.07) is 2.78. The summed E-state index contributed by atoms with van der Waals surface area (Å²) in [5.41, 5.74) is -2.37. The molecule has 0 aromatic carbocycles. The van der Waals surface area contributed by atoms with Gasteiger partial charge in [-0.2, -0.15) is 13.2 Å². The lowest BCUT2D eigenvalue weighted by Crippen LogP contribution is -2.14. The fourth-order valence-corrected chi connectivity index (χ4v) is 1.78. The fourth-order valence-electron chi connectivity index (χ4n) is 1.44. The number of rotatable bonds is 1. The van der Waals surface area contributed by atoms with Gasteiger partial charge in [0.05, 0.1) is 0 Å². The molecule has 0 bridgehead atoms. The summed E-state index contributed by atoms with van der Waals surface area (Å²) in [6.45, 7) is 0. The molecule has 0 unspecified atom stereocenters. The highest BCUT2D eigenvalue weighted by molar-refractivity contribution is 9.10. The fraction of sp³-hybridized carbons (Fsp3) is 0.111. The molecule has 0 radical (unpaired) electrons. The average molecular weight is 309 g/mol. The third-order valence-electron chi connectivity index (χ3n) is 2.05. The number of hydrogen-bond acceptors (Lipinski definition) is 2. The summed E-state index contributed by atoms with van der Waals surface area (Å²) < 4.78 is 39.4. The van der Waals surface area contributed by atoms with Crippen LogP contribution in [0.5, 0.6) is 0 Å². The number of halogens is 4. The van der Waals surface area contributed by atoms with Gasteiger partial charge in [-0.15, -0.1) is 0 Å². The van der Waals surface area contributed by atoms with E-state index in [0.717, 1.165) is 6.20 Å². The van der Waals surface area contributed by atoms with Crippen molar-refractivity contribution in [3.8, 4) is 0 Å². The summed E-state index contributed by atoms with van der Waals surface area (Å²) in [5.74, 6) is -1.71. The molecular formula is C9H4BrF3N2O2. The van der Waals surface area contributed by atoms with Crippen LogP contribution in [0, 0.1) is 0 Å². The van der Waals surface area contributed by atoms with E-state index < -0.39 is 23.5 Å². The smallest absolute Gasteiger partial charge is 0.434 e.